The van der Waals surface area contributed by atoms with Crippen LogP contribution in [0.2, 0.25) is 0 Å². The Balaban J connectivity index is 2.76. The largest absolute Gasteiger partial charge is 0.444 e. The number of hydrogen-bond acceptors (Lipinski definition) is 2. The van der Waals surface area contributed by atoms with Crippen molar-refractivity contribution >= 4 is 6.09 Å². The maximum Gasteiger partial charge on any atom is 0.410 e. The molecule has 0 radical (unpaired) electrons. The van der Waals surface area contributed by atoms with E-state index in [4.69, 9.17) is 4.74 Å². The van der Waals surface area contributed by atoms with E-state index in [1.54, 1.807) is 0 Å². The first-order valence-electron chi connectivity index (χ1n) is 6.27. The molecule has 0 spiro atoms. The van der Waals surface area contributed by atoms with E-state index < -0.39 is 5.60 Å². The Morgan fingerprint density at radius 2 is 2.06 bits per heavy atom. The van der Waals surface area contributed by atoms with Crippen molar-refractivity contribution in [3.05, 3.63) is 12.7 Å². The van der Waals surface area contributed by atoms with Crippen molar-refractivity contribution in [3.63, 3.8) is 0 Å². The molecule has 17 heavy (non-hydrogen) atoms. The maximum absolute atomic E-state index is 12.1. The number of carbonyl (C=O) groups excluding carboxylic acids is 1. The van der Waals surface area contributed by atoms with Crippen LogP contribution in [0.15, 0.2) is 12.7 Å². The van der Waals surface area contributed by atoms with E-state index in [1.807, 2.05) is 31.7 Å². The number of carbonyl (C=O) groups is 1. The van der Waals surface area contributed by atoms with Gasteiger partial charge in [0.25, 0.3) is 0 Å². The molecule has 0 aromatic heterocycles. The zero-order valence-electron chi connectivity index (χ0n) is 11.7. The number of rotatable bonds is 1. The second-order valence-electron chi connectivity index (χ2n) is 6.61. The molecule has 1 unspecified atom stereocenters. The number of likely N-dealkylation sites (tertiary alicyclic amines) is 1. The molecule has 0 N–H and O–H groups in total. The van der Waals surface area contributed by atoms with Gasteiger partial charge in [-0.2, -0.15) is 0 Å². The highest BCUT2D eigenvalue weighted by molar-refractivity contribution is 5.69. The van der Waals surface area contributed by atoms with Crippen LogP contribution >= 0.6 is 0 Å². The summed E-state index contributed by atoms with van der Waals surface area (Å²) in [4.78, 5) is 13.9. The molecule has 1 aliphatic rings. The number of hydrogen-bond donors (Lipinski definition) is 0. The van der Waals surface area contributed by atoms with Gasteiger partial charge in [0.15, 0.2) is 0 Å². The topological polar surface area (TPSA) is 29.5 Å². The summed E-state index contributed by atoms with van der Waals surface area (Å²) >= 11 is 0. The normalized spacial score (nSPS) is 24.3. The molecule has 0 aromatic rings. The third-order valence-corrected chi connectivity index (χ3v) is 3.02. The molecule has 1 aliphatic heterocycles. The smallest absolute Gasteiger partial charge is 0.410 e. The Hall–Kier alpha value is -0.990. The van der Waals surface area contributed by atoms with Gasteiger partial charge < -0.3 is 9.64 Å². The fourth-order valence-corrected chi connectivity index (χ4v) is 2.12. The fourth-order valence-electron chi connectivity index (χ4n) is 2.12. The molecule has 1 saturated heterocycles. The van der Waals surface area contributed by atoms with Gasteiger partial charge >= 0.3 is 6.09 Å². The monoisotopic (exact) mass is 239 g/mol. The zero-order chi connectivity index (χ0) is 13.3. The summed E-state index contributed by atoms with van der Waals surface area (Å²) in [5.74, 6) is 0. The van der Waals surface area contributed by atoms with Crippen LogP contribution in [0.5, 0.6) is 0 Å². The van der Waals surface area contributed by atoms with Crippen LogP contribution in [0.4, 0.5) is 4.79 Å². The van der Waals surface area contributed by atoms with Gasteiger partial charge in [0.05, 0.1) is 6.04 Å². The summed E-state index contributed by atoms with van der Waals surface area (Å²) in [6.07, 6.45) is 3.70. The van der Waals surface area contributed by atoms with Crippen molar-refractivity contribution in [2.24, 2.45) is 5.41 Å². The highest BCUT2D eigenvalue weighted by Crippen LogP contribution is 2.33. The van der Waals surface area contributed by atoms with Crippen molar-refractivity contribution in [2.45, 2.75) is 59.1 Å². The molecule has 0 bridgehead atoms. The lowest BCUT2D eigenvalue weighted by Crippen LogP contribution is -2.50. The lowest BCUT2D eigenvalue weighted by molar-refractivity contribution is -0.000344. The first kappa shape index (κ1) is 14.1. The Kier molecular flexibility index (Phi) is 3.90. The van der Waals surface area contributed by atoms with Gasteiger partial charge in [0.2, 0.25) is 0 Å². The number of ether oxygens (including phenoxy) is 1. The van der Waals surface area contributed by atoms with Crippen LogP contribution in [0.3, 0.4) is 0 Å². The standard InChI is InChI=1S/C14H25NO2/c1-7-11-8-9-14(5,6)10-15(11)12(16)17-13(2,3)4/h7,11H,1,8-10H2,2-6H3. The average Bonchev–Trinajstić information content (AvgIpc) is 2.13. The highest BCUT2D eigenvalue weighted by atomic mass is 16.6. The quantitative estimate of drug-likeness (QED) is 0.654. The average molecular weight is 239 g/mol. The van der Waals surface area contributed by atoms with Gasteiger partial charge in [-0.15, -0.1) is 6.58 Å². The van der Waals surface area contributed by atoms with Crippen molar-refractivity contribution in [1.82, 2.24) is 4.90 Å². The summed E-state index contributed by atoms with van der Waals surface area (Å²) < 4.78 is 5.44. The number of nitrogens with zero attached hydrogens (tertiary/aromatic N) is 1. The second kappa shape index (κ2) is 4.71. The van der Waals surface area contributed by atoms with Crippen LogP contribution in [0.25, 0.3) is 0 Å². The van der Waals surface area contributed by atoms with Crippen LogP contribution in [0.1, 0.15) is 47.5 Å². The summed E-state index contributed by atoms with van der Waals surface area (Å²) in [7, 11) is 0. The molecule has 1 rings (SSSR count). The molecular weight excluding hydrogens is 214 g/mol. The van der Waals surface area contributed by atoms with E-state index in [0.29, 0.717) is 0 Å². The van der Waals surface area contributed by atoms with Crippen molar-refractivity contribution in [1.29, 1.82) is 0 Å². The maximum atomic E-state index is 12.1. The molecule has 1 heterocycles. The molecule has 1 atom stereocenters. The number of piperidine rings is 1. The first-order chi connectivity index (χ1) is 7.64. The SMILES string of the molecule is C=CC1CCC(C)(C)CN1C(=O)OC(C)(C)C. The molecule has 3 nitrogen and oxygen atoms in total. The van der Waals surface area contributed by atoms with Gasteiger partial charge in [0, 0.05) is 6.54 Å². The minimum atomic E-state index is -0.440. The van der Waals surface area contributed by atoms with Crippen LogP contribution < -0.4 is 0 Å². The first-order valence-corrected chi connectivity index (χ1v) is 6.27. The molecule has 1 amide bonds. The summed E-state index contributed by atoms with van der Waals surface area (Å²) in [5, 5.41) is 0. The highest BCUT2D eigenvalue weighted by Gasteiger charge is 2.36. The molecule has 0 saturated carbocycles. The third-order valence-electron chi connectivity index (χ3n) is 3.02. The second-order valence-corrected chi connectivity index (χ2v) is 6.61. The third kappa shape index (κ3) is 4.06. The molecule has 0 aromatic carbocycles. The summed E-state index contributed by atoms with van der Waals surface area (Å²) in [5.41, 5.74) is -0.277. The van der Waals surface area contributed by atoms with Gasteiger partial charge in [0.1, 0.15) is 5.60 Å². The van der Waals surface area contributed by atoms with Gasteiger partial charge in [-0.1, -0.05) is 19.9 Å². The molecule has 98 valence electrons. The fraction of sp³-hybridized carbons (Fsp3) is 0.786. The molecular formula is C14H25NO2. The predicted octanol–water partition coefficient (Wildman–Crippen LogP) is 3.60. The Morgan fingerprint density at radius 3 is 2.53 bits per heavy atom. The lowest BCUT2D eigenvalue weighted by atomic mass is 9.81. The minimum Gasteiger partial charge on any atom is -0.444 e. The number of amides is 1. The van der Waals surface area contributed by atoms with Gasteiger partial charge in [-0.25, -0.2) is 4.79 Å². The Labute approximate surface area is 105 Å². The van der Waals surface area contributed by atoms with E-state index in [1.165, 1.54) is 0 Å². The zero-order valence-corrected chi connectivity index (χ0v) is 11.7. The van der Waals surface area contributed by atoms with Gasteiger partial charge in [-0.05, 0) is 39.0 Å². The minimum absolute atomic E-state index is 0.109. The Morgan fingerprint density at radius 1 is 1.47 bits per heavy atom. The van der Waals surface area contributed by atoms with E-state index in [9.17, 15) is 4.79 Å². The Bertz CT molecular complexity index is 302. The van der Waals surface area contributed by atoms with Crippen molar-refractivity contribution < 1.29 is 9.53 Å². The molecule has 0 aliphatic carbocycles. The van der Waals surface area contributed by atoms with E-state index in [0.717, 1.165) is 19.4 Å². The van der Waals surface area contributed by atoms with Gasteiger partial charge in [-0.3, -0.25) is 0 Å². The van der Waals surface area contributed by atoms with E-state index >= 15 is 0 Å². The van der Waals surface area contributed by atoms with Crippen LogP contribution in [0, 0.1) is 5.41 Å². The summed E-state index contributed by atoms with van der Waals surface area (Å²) in [6.45, 7) is 14.6. The lowest BCUT2D eigenvalue weighted by Gasteiger charge is -2.42. The van der Waals surface area contributed by atoms with Crippen molar-refractivity contribution in [3.8, 4) is 0 Å². The van der Waals surface area contributed by atoms with Crippen molar-refractivity contribution in [2.75, 3.05) is 6.54 Å². The predicted molar refractivity (Wildman–Crippen MR) is 69.9 cm³/mol. The van der Waals surface area contributed by atoms with Crippen LogP contribution in [-0.2, 0) is 4.74 Å². The van der Waals surface area contributed by atoms with E-state index in [-0.39, 0.29) is 17.6 Å². The molecule has 1 fully saturated rings. The molecule has 3 heteroatoms. The van der Waals surface area contributed by atoms with E-state index in [2.05, 4.69) is 20.4 Å². The summed E-state index contributed by atoms with van der Waals surface area (Å²) in [6, 6.07) is 0.109. The van der Waals surface area contributed by atoms with Crippen LogP contribution in [-0.4, -0.2) is 29.2 Å².